The van der Waals surface area contributed by atoms with Gasteiger partial charge in [0.25, 0.3) is 0 Å². The second-order valence-corrected chi connectivity index (χ2v) is 19.7. The Morgan fingerprint density at radius 3 is 0.787 bits per heavy atom. The van der Waals surface area contributed by atoms with Crippen molar-refractivity contribution < 1.29 is 25.2 Å². The summed E-state index contributed by atoms with van der Waals surface area (Å²) in [5.41, 5.74) is 0. The van der Waals surface area contributed by atoms with E-state index in [4.69, 9.17) is 0 Å². The van der Waals surface area contributed by atoms with E-state index >= 15 is 0 Å². The molecule has 6 nitrogen and oxygen atoms in total. The maximum atomic E-state index is 12.6. The fourth-order valence-electron chi connectivity index (χ4n) is 9.17. The summed E-state index contributed by atoms with van der Waals surface area (Å²) < 4.78 is 0. The third-order valence-electron chi connectivity index (χ3n) is 13.6. The molecule has 5 N–H and O–H groups in total. The van der Waals surface area contributed by atoms with Gasteiger partial charge in [-0.25, -0.2) is 0 Å². The average molecular weight is 866 g/mol. The highest BCUT2D eigenvalue weighted by Gasteiger charge is 2.28. The third kappa shape index (κ3) is 44.3. The van der Waals surface area contributed by atoms with Gasteiger partial charge in [-0.1, -0.05) is 303 Å². The topological polar surface area (TPSA) is 110 Å². The molecule has 0 fully saturated rings. The summed E-state index contributed by atoms with van der Waals surface area (Å²) >= 11 is 0. The van der Waals surface area contributed by atoms with Gasteiger partial charge in [0.1, 0.15) is 12.2 Å². The number of hydrogen-bond donors (Lipinski definition) is 5. The molecule has 4 unspecified atom stereocenters. The van der Waals surface area contributed by atoms with E-state index in [0.29, 0.717) is 12.8 Å². The molecule has 1 amide bonds. The summed E-state index contributed by atoms with van der Waals surface area (Å²) in [5.74, 6) is -0.576. The lowest BCUT2D eigenvalue weighted by Crippen LogP contribution is -2.53. The van der Waals surface area contributed by atoms with E-state index in [0.717, 1.165) is 38.5 Å². The Labute approximate surface area is 381 Å². The van der Waals surface area contributed by atoms with Crippen molar-refractivity contribution in [1.29, 1.82) is 0 Å². The molecule has 0 aromatic rings. The van der Waals surface area contributed by atoms with Crippen LogP contribution < -0.4 is 5.32 Å². The molecule has 0 radical (unpaired) electrons. The highest BCUT2D eigenvalue weighted by atomic mass is 16.3. The number of aliphatic hydroxyl groups excluding tert-OH is 4. The van der Waals surface area contributed by atoms with Crippen molar-refractivity contribution in [3.8, 4) is 0 Å². The molecule has 0 aromatic heterocycles. The molecule has 0 bridgehead atoms. The van der Waals surface area contributed by atoms with Crippen molar-refractivity contribution in [1.82, 2.24) is 5.32 Å². The van der Waals surface area contributed by atoms with Gasteiger partial charge >= 0.3 is 0 Å². The largest absolute Gasteiger partial charge is 0.394 e. The van der Waals surface area contributed by atoms with Crippen LogP contribution in [0.3, 0.4) is 0 Å². The second kappa shape index (κ2) is 50.3. The van der Waals surface area contributed by atoms with Crippen LogP contribution in [0, 0.1) is 0 Å². The lowest BCUT2D eigenvalue weighted by atomic mass is 9.99. The summed E-state index contributed by atoms with van der Waals surface area (Å²) in [4.78, 5) is 12.6. The number of amides is 1. The van der Waals surface area contributed by atoms with Crippen LogP contribution in [-0.2, 0) is 4.79 Å². The Hall–Kier alpha value is -0.690. The van der Waals surface area contributed by atoms with Crippen LogP contribution in [-0.4, -0.2) is 57.3 Å². The first kappa shape index (κ1) is 60.3. The first-order valence-corrected chi connectivity index (χ1v) is 27.9. The first-order valence-electron chi connectivity index (χ1n) is 27.9. The van der Waals surface area contributed by atoms with Crippen molar-refractivity contribution in [3.05, 3.63) is 0 Å². The molecule has 0 rings (SSSR count). The van der Waals surface area contributed by atoms with Crippen LogP contribution in [0.15, 0.2) is 0 Å². The number of hydrogen-bond acceptors (Lipinski definition) is 5. The zero-order chi connectivity index (χ0) is 44.5. The molecule has 0 aliphatic heterocycles. The summed E-state index contributed by atoms with van der Waals surface area (Å²) in [6.07, 6.45) is 57.4. The molecule has 0 saturated heterocycles. The molecule has 366 valence electrons. The Morgan fingerprint density at radius 1 is 0.344 bits per heavy atom. The van der Waals surface area contributed by atoms with Crippen LogP contribution >= 0.6 is 0 Å². The Morgan fingerprint density at radius 2 is 0.557 bits per heavy atom. The lowest BCUT2D eigenvalue weighted by Gasteiger charge is -2.27. The van der Waals surface area contributed by atoms with Gasteiger partial charge in [-0.05, 0) is 12.8 Å². The van der Waals surface area contributed by atoms with Gasteiger partial charge in [-0.2, -0.15) is 0 Å². The van der Waals surface area contributed by atoms with Crippen LogP contribution in [0.2, 0.25) is 0 Å². The van der Waals surface area contributed by atoms with Crippen molar-refractivity contribution in [2.75, 3.05) is 6.61 Å². The fourth-order valence-corrected chi connectivity index (χ4v) is 9.17. The molecule has 0 saturated carbocycles. The Kier molecular flexibility index (Phi) is 49.7. The summed E-state index contributed by atoms with van der Waals surface area (Å²) in [6, 6.07) is -0.980. The number of carbonyl (C=O) groups excluding carboxylic acids is 1. The van der Waals surface area contributed by atoms with Crippen molar-refractivity contribution in [2.45, 2.75) is 340 Å². The predicted molar refractivity (Wildman–Crippen MR) is 265 cm³/mol. The van der Waals surface area contributed by atoms with Gasteiger partial charge in [0.15, 0.2) is 0 Å². The summed E-state index contributed by atoms with van der Waals surface area (Å²) in [5, 5.41) is 44.0. The number of nitrogens with one attached hydrogen (secondary N) is 1. The summed E-state index contributed by atoms with van der Waals surface area (Å²) in [7, 11) is 0. The van der Waals surface area contributed by atoms with Gasteiger partial charge in [0, 0.05) is 0 Å². The number of aliphatic hydroxyl groups is 4. The van der Waals surface area contributed by atoms with E-state index in [1.807, 2.05) is 0 Å². The van der Waals surface area contributed by atoms with Gasteiger partial charge in [0.2, 0.25) is 5.91 Å². The van der Waals surface area contributed by atoms with E-state index < -0.39 is 36.9 Å². The standard InChI is InChI=1S/C55H111NO5/c1-3-5-7-9-11-13-15-17-19-21-23-25-26-27-28-29-31-32-34-36-38-40-42-44-46-48-52(58)54(60)51(50-57)56-55(61)53(59)49-47-45-43-41-39-37-35-33-30-24-22-20-18-16-14-12-10-8-6-4-2/h51-54,57-60H,3-50H2,1-2H3,(H,56,61). The minimum absolute atomic E-state index is 0.376. The number of carbonyl (C=O) groups is 1. The third-order valence-corrected chi connectivity index (χ3v) is 13.6. The highest BCUT2D eigenvalue weighted by molar-refractivity contribution is 5.80. The highest BCUT2D eigenvalue weighted by Crippen LogP contribution is 2.19. The normalized spacial score (nSPS) is 13.7. The molecule has 0 aromatic carbocycles. The van der Waals surface area contributed by atoms with Crippen molar-refractivity contribution in [2.24, 2.45) is 0 Å². The zero-order valence-electron chi connectivity index (χ0n) is 41.4. The van der Waals surface area contributed by atoms with Gasteiger partial charge in [-0.15, -0.1) is 0 Å². The number of unbranched alkanes of at least 4 members (excludes halogenated alkanes) is 43. The average Bonchev–Trinajstić information content (AvgIpc) is 3.26. The molecule has 0 spiro atoms. The minimum Gasteiger partial charge on any atom is -0.394 e. The van der Waals surface area contributed by atoms with Crippen molar-refractivity contribution in [3.63, 3.8) is 0 Å². The number of rotatable bonds is 52. The molecular formula is C55H111NO5. The molecule has 0 aliphatic rings. The van der Waals surface area contributed by atoms with Crippen molar-refractivity contribution >= 4 is 5.91 Å². The fraction of sp³-hybridized carbons (Fsp3) is 0.982. The first-order chi connectivity index (χ1) is 30.0. The van der Waals surface area contributed by atoms with E-state index in [-0.39, 0.29) is 0 Å². The zero-order valence-corrected chi connectivity index (χ0v) is 41.4. The van der Waals surface area contributed by atoms with Crippen LogP contribution in [0.5, 0.6) is 0 Å². The van der Waals surface area contributed by atoms with Gasteiger partial charge in [0.05, 0.1) is 18.8 Å². The van der Waals surface area contributed by atoms with E-state index in [9.17, 15) is 25.2 Å². The molecular weight excluding hydrogens is 755 g/mol. The predicted octanol–water partition coefficient (Wildman–Crippen LogP) is 15.9. The van der Waals surface area contributed by atoms with Gasteiger partial charge in [-0.3, -0.25) is 4.79 Å². The molecule has 4 atom stereocenters. The van der Waals surface area contributed by atoms with Crippen LogP contribution in [0.1, 0.15) is 316 Å². The van der Waals surface area contributed by atoms with Crippen LogP contribution in [0.4, 0.5) is 0 Å². The van der Waals surface area contributed by atoms with E-state index in [2.05, 4.69) is 19.2 Å². The minimum atomic E-state index is -1.25. The van der Waals surface area contributed by atoms with Gasteiger partial charge < -0.3 is 25.7 Å². The SMILES string of the molecule is CCCCCCCCCCCCCCCCCCCCCCCCCCCC(O)C(O)C(CO)NC(=O)C(O)CCCCCCCCCCCCCCCCCCCCCC. The van der Waals surface area contributed by atoms with E-state index in [1.165, 1.54) is 250 Å². The maximum absolute atomic E-state index is 12.6. The Bertz CT molecular complexity index is 841. The summed E-state index contributed by atoms with van der Waals surface area (Å²) in [6.45, 7) is 4.10. The smallest absolute Gasteiger partial charge is 0.249 e. The quantitative estimate of drug-likeness (QED) is 0.0391. The molecule has 61 heavy (non-hydrogen) atoms. The monoisotopic (exact) mass is 866 g/mol. The molecule has 6 heteroatoms. The second-order valence-electron chi connectivity index (χ2n) is 19.7. The molecule has 0 heterocycles. The maximum Gasteiger partial charge on any atom is 0.249 e. The van der Waals surface area contributed by atoms with E-state index in [1.54, 1.807) is 0 Å². The van der Waals surface area contributed by atoms with Crippen LogP contribution in [0.25, 0.3) is 0 Å². The Balaban J connectivity index is 3.59. The lowest BCUT2D eigenvalue weighted by molar-refractivity contribution is -0.132. The molecule has 0 aliphatic carbocycles.